The van der Waals surface area contributed by atoms with Gasteiger partial charge in [0.2, 0.25) is 0 Å². The zero-order valence-corrected chi connectivity index (χ0v) is 11.2. The lowest BCUT2D eigenvalue weighted by Gasteiger charge is -2.31. The number of carbonyl (C=O) groups excluding carboxylic acids is 1. The Morgan fingerprint density at radius 2 is 2.05 bits per heavy atom. The van der Waals surface area contributed by atoms with Gasteiger partial charge in [0, 0.05) is 18.6 Å². The van der Waals surface area contributed by atoms with Gasteiger partial charge in [-0.2, -0.15) is 5.10 Å². The van der Waals surface area contributed by atoms with E-state index in [0.29, 0.717) is 23.1 Å². The van der Waals surface area contributed by atoms with Crippen LogP contribution in [0.15, 0.2) is 43.2 Å². The van der Waals surface area contributed by atoms with Gasteiger partial charge < -0.3 is 5.32 Å². The molecule has 1 atom stereocenters. The maximum absolute atomic E-state index is 12.9. The molecule has 1 amide bonds. The molecule has 9 nitrogen and oxygen atoms in total. The van der Waals surface area contributed by atoms with E-state index in [1.54, 1.807) is 30.7 Å². The quantitative estimate of drug-likeness (QED) is 0.719. The van der Waals surface area contributed by atoms with Crippen molar-refractivity contribution in [2.24, 2.45) is 0 Å². The minimum atomic E-state index is -0.740. The topological polar surface area (TPSA) is 113 Å². The lowest BCUT2D eigenvalue weighted by molar-refractivity contribution is -0.119. The van der Waals surface area contributed by atoms with Crippen LogP contribution in [0.4, 0.5) is 17.3 Å². The average molecular weight is 294 g/mol. The largest absolute Gasteiger partial charge is 0.349 e. The summed E-state index contributed by atoms with van der Waals surface area (Å²) in [6, 6.07) is 2.79. The molecule has 3 aromatic rings. The summed E-state index contributed by atoms with van der Waals surface area (Å²) in [6.45, 7) is 0. The number of fused-ring (bicyclic) bond motifs is 1. The van der Waals surface area contributed by atoms with Crippen molar-refractivity contribution in [3.63, 3.8) is 0 Å². The lowest BCUT2D eigenvalue weighted by atomic mass is 10.1. The molecule has 22 heavy (non-hydrogen) atoms. The Bertz CT molecular complexity index is 804. The van der Waals surface area contributed by atoms with E-state index in [1.165, 1.54) is 17.4 Å². The number of hydrogen-bond donors (Lipinski definition) is 2. The second kappa shape index (κ2) is 4.88. The van der Waals surface area contributed by atoms with Gasteiger partial charge in [-0.1, -0.05) is 0 Å². The number of nitrogens with one attached hydrogen (secondary N) is 2. The highest BCUT2D eigenvalue weighted by Crippen LogP contribution is 2.36. The van der Waals surface area contributed by atoms with E-state index in [9.17, 15) is 4.79 Å². The third-order valence-corrected chi connectivity index (χ3v) is 3.24. The number of aromatic amines is 1. The van der Waals surface area contributed by atoms with Crippen LogP contribution in [0.5, 0.6) is 0 Å². The number of H-pyrrole nitrogens is 1. The van der Waals surface area contributed by atoms with Crippen LogP contribution in [-0.2, 0) is 4.79 Å². The summed E-state index contributed by atoms with van der Waals surface area (Å²) in [5.74, 6) is 1.00. The first-order chi connectivity index (χ1) is 10.8. The van der Waals surface area contributed by atoms with E-state index in [4.69, 9.17) is 0 Å². The molecule has 9 heteroatoms. The Labute approximate surface area is 124 Å². The zero-order valence-electron chi connectivity index (χ0n) is 11.2. The van der Waals surface area contributed by atoms with Crippen molar-refractivity contribution in [2.75, 3.05) is 10.2 Å². The number of aromatic nitrogens is 6. The summed E-state index contributed by atoms with van der Waals surface area (Å²) in [6.07, 6.45) is 7.74. The van der Waals surface area contributed by atoms with E-state index in [1.807, 2.05) is 0 Å². The first kappa shape index (κ1) is 12.4. The molecule has 4 rings (SSSR count). The number of pyridine rings is 1. The van der Waals surface area contributed by atoms with Gasteiger partial charge in [-0.15, -0.1) is 0 Å². The highest BCUT2D eigenvalue weighted by molar-refractivity contribution is 6.08. The van der Waals surface area contributed by atoms with Gasteiger partial charge in [0.05, 0.1) is 11.9 Å². The van der Waals surface area contributed by atoms with Gasteiger partial charge in [0.1, 0.15) is 6.33 Å². The van der Waals surface area contributed by atoms with Crippen LogP contribution in [0.2, 0.25) is 0 Å². The molecule has 0 aromatic carbocycles. The Morgan fingerprint density at radius 1 is 1.14 bits per heavy atom. The molecular weight excluding hydrogens is 284 g/mol. The monoisotopic (exact) mass is 294 g/mol. The van der Waals surface area contributed by atoms with Gasteiger partial charge in [0.25, 0.3) is 5.91 Å². The normalized spacial score (nSPS) is 17.0. The number of rotatable bonds is 2. The number of amides is 1. The molecule has 0 bridgehead atoms. The third kappa shape index (κ3) is 1.87. The Balaban J connectivity index is 1.86. The van der Waals surface area contributed by atoms with Crippen molar-refractivity contribution in [1.82, 2.24) is 30.1 Å². The van der Waals surface area contributed by atoms with Gasteiger partial charge in [0.15, 0.2) is 23.5 Å². The van der Waals surface area contributed by atoms with E-state index in [2.05, 4.69) is 35.5 Å². The highest BCUT2D eigenvalue weighted by Gasteiger charge is 2.38. The van der Waals surface area contributed by atoms with Crippen LogP contribution in [0.25, 0.3) is 0 Å². The first-order valence-electron chi connectivity index (χ1n) is 6.52. The minimum Gasteiger partial charge on any atom is -0.349 e. The van der Waals surface area contributed by atoms with Crippen LogP contribution in [-0.4, -0.2) is 36.0 Å². The van der Waals surface area contributed by atoms with Crippen molar-refractivity contribution in [3.05, 3.63) is 49.1 Å². The standard InChI is InChI=1S/C13H10N8O/c22-13-9(10-17-7-18-20-10)19-11-12(16-5-4-15-11)21(13)8-2-1-3-14-6-8/h1-7,9H,(H,15,19)(H,17,18,20). The summed E-state index contributed by atoms with van der Waals surface area (Å²) in [4.78, 5) is 30.9. The molecule has 108 valence electrons. The SMILES string of the molecule is O=C1C(c2nc[nH]n2)Nc2nccnc2N1c1cccnc1. The summed E-state index contributed by atoms with van der Waals surface area (Å²) >= 11 is 0. The molecule has 0 aliphatic carbocycles. The highest BCUT2D eigenvalue weighted by atomic mass is 16.2. The minimum absolute atomic E-state index is 0.249. The molecule has 0 spiro atoms. The van der Waals surface area contributed by atoms with Crippen molar-refractivity contribution in [2.45, 2.75) is 6.04 Å². The number of hydrogen-bond acceptors (Lipinski definition) is 7. The van der Waals surface area contributed by atoms with Gasteiger partial charge in [-0.25, -0.2) is 15.0 Å². The van der Waals surface area contributed by atoms with Crippen molar-refractivity contribution in [1.29, 1.82) is 0 Å². The van der Waals surface area contributed by atoms with E-state index < -0.39 is 6.04 Å². The lowest BCUT2D eigenvalue weighted by Crippen LogP contribution is -2.40. The van der Waals surface area contributed by atoms with Crippen molar-refractivity contribution in [3.8, 4) is 0 Å². The summed E-state index contributed by atoms with van der Waals surface area (Å²) in [7, 11) is 0. The van der Waals surface area contributed by atoms with Crippen LogP contribution in [0.3, 0.4) is 0 Å². The summed E-state index contributed by atoms with van der Waals surface area (Å²) in [5, 5.41) is 9.61. The second-order valence-corrected chi connectivity index (χ2v) is 4.55. The molecule has 0 saturated heterocycles. The van der Waals surface area contributed by atoms with Crippen LogP contribution < -0.4 is 10.2 Å². The predicted molar refractivity (Wildman–Crippen MR) is 76.2 cm³/mol. The maximum Gasteiger partial charge on any atom is 0.263 e. The van der Waals surface area contributed by atoms with Gasteiger partial charge >= 0.3 is 0 Å². The first-order valence-corrected chi connectivity index (χ1v) is 6.52. The molecule has 1 unspecified atom stereocenters. The van der Waals surface area contributed by atoms with Crippen molar-refractivity contribution < 1.29 is 4.79 Å². The van der Waals surface area contributed by atoms with Gasteiger partial charge in [-0.3, -0.25) is 19.8 Å². The average Bonchev–Trinajstić information content (AvgIpc) is 3.09. The Hall–Kier alpha value is -3.36. The molecule has 2 N–H and O–H groups in total. The van der Waals surface area contributed by atoms with E-state index >= 15 is 0 Å². The molecular formula is C13H10N8O. The fourth-order valence-corrected chi connectivity index (χ4v) is 2.30. The molecule has 3 aromatic heterocycles. The second-order valence-electron chi connectivity index (χ2n) is 4.55. The van der Waals surface area contributed by atoms with Crippen molar-refractivity contribution >= 4 is 23.2 Å². The van der Waals surface area contributed by atoms with Gasteiger partial charge in [-0.05, 0) is 12.1 Å². The van der Waals surface area contributed by atoms with Crippen LogP contribution in [0.1, 0.15) is 11.9 Å². The number of carbonyl (C=O) groups is 1. The Kier molecular flexibility index (Phi) is 2.75. The molecule has 4 heterocycles. The smallest absolute Gasteiger partial charge is 0.263 e. The Morgan fingerprint density at radius 3 is 2.82 bits per heavy atom. The molecule has 0 fully saturated rings. The van der Waals surface area contributed by atoms with E-state index in [0.717, 1.165) is 0 Å². The summed E-state index contributed by atoms with van der Waals surface area (Å²) < 4.78 is 0. The van der Waals surface area contributed by atoms with Crippen LogP contribution >= 0.6 is 0 Å². The van der Waals surface area contributed by atoms with Crippen LogP contribution in [0, 0.1) is 0 Å². The molecule has 0 radical (unpaired) electrons. The third-order valence-electron chi connectivity index (χ3n) is 3.24. The fraction of sp³-hybridized carbons (Fsp3) is 0.0769. The number of anilines is 3. The zero-order chi connectivity index (χ0) is 14.9. The summed E-state index contributed by atoms with van der Waals surface area (Å²) in [5.41, 5.74) is 0.608. The number of nitrogens with zero attached hydrogens (tertiary/aromatic N) is 6. The molecule has 0 saturated carbocycles. The molecule has 1 aliphatic rings. The maximum atomic E-state index is 12.9. The fourth-order valence-electron chi connectivity index (χ4n) is 2.30. The van der Waals surface area contributed by atoms with E-state index in [-0.39, 0.29) is 5.91 Å². The predicted octanol–water partition coefficient (Wildman–Crippen LogP) is 0.821. The molecule has 1 aliphatic heterocycles.